The third-order valence-electron chi connectivity index (χ3n) is 1.96. The number of aromatic nitrogens is 3. The van der Waals surface area contributed by atoms with Crippen LogP contribution >= 0.6 is 34.2 Å². The third-order valence-corrected chi connectivity index (χ3v) is 2.85. The molecule has 1 heterocycles. The van der Waals surface area contributed by atoms with E-state index in [1.54, 1.807) is 0 Å². The number of hydrogen-bond acceptors (Lipinski definition) is 5. The minimum absolute atomic E-state index is 0.0986. The van der Waals surface area contributed by atoms with Crippen molar-refractivity contribution in [3.8, 4) is 6.01 Å². The number of ether oxygens (including phenoxy) is 1. The number of nitrogens with zero attached hydrogens (tertiary/aromatic N) is 3. The number of nitrogens with one attached hydrogen (secondary N) is 1. The van der Waals surface area contributed by atoms with E-state index in [9.17, 15) is 0 Å². The Labute approximate surface area is 123 Å². The second-order valence-electron chi connectivity index (χ2n) is 3.28. The first kappa shape index (κ1) is 13.3. The first-order valence-corrected chi connectivity index (χ1v) is 6.70. The van der Waals surface area contributed by atoms with Crippen LogP contribution in [0.25, 0.3) is 0 Å². The van der Waals surface area contributed by atoms with Crippen LogP contribution < -0.4 is 10.1 Å². The molecule has 18 heavy (non-hydrogen) atoms. The van der Waals surface area contributed by atoms with Gasteiger partial charge < -0.3 is 10.1 Å². The molecule has 0 unspecified atom stereocenters. The van der Waals surface area contributed by atoms with Crippen LogP contribution in [0.4, 0.5) is 11.6 Å². The van der Waals surface area contributed by atoms with Crippen LogP contribution in [0.1, 0.15) is 6.92 Å². The molecule has 1 aromatic carbocycles. The SMILES string of the molecule is CCOc1nc(Cl)nc(Nc2ccc(I)cc2)n1. The Balaban J connectivity index is 2.20. The van der Waals surface area contributed by atoms with Gasteiger partial charge >= 0.3 is 6.01 Å². The molecular formula is C11H10ClIN4O. The summed E-state index contributed by atoms with van der Waals surface area (Å²) in [6, 6.07) is 8.04. The van der Waals surface area contributed by atoms with Gasteiger partial charge in [0.1, 0.15) is 0 Å². The molecule has 0 bridgehead atoms. The second-order valence-corrected chi connectivity index (χ2v) is 4.86. The Kier molecular flexibility index (Phi) is 4.54. The number of halogens is 2. The Bertz CT molecular complexity index is 535. The molecular weight excluding hydrogens is 367 g/mol. The van der Waals surface area contributed by atoms with Crippen molar-refractivity contribution in [3.05, 3.63) is 33.1 Å². The van der Waals surface area contributed by atoms with Crippen molar-refractivity contribution in [1.29, 1.82) is 0 Å². The van der Waals surface area contributed by atoms with Gasteiger partial charge in [-0.1, -0.05) is 0 Å². The monoisotopic (exact) mass is 376 g/mol. The van der Waals surface area contributed by atoms with E-state index in [2.05, 4.69) is 42.9 Å². The topological polar surface area (TPSA) is 59.9 Å². The van der Waals surface area contributed by atoms with Gasteiger partial charge in [0.05, 0.1) is 6.61 Å². The Morgan fingerprint density at radius 3 is 2.61 bits per heavy atom. The summed E-state index contributed by atoms with van der Waals surface area (Å²) in [4.78, 5) is 11.9. The zero-order chi connectivity index (χ0) is 13.0. The molecule has 0 aliphatic carbocycles. The van der Waals surface area contributed by atoms with Gasteiger partial charge in [-0.3, -0.25) is 0 Å². The van der Waals surface area contributed by atoms with Gasteiger partial charge in [-0.05, 0) is 65.4 Å². The number of hydrogen-bond donors (Lipinski definition) is 1. The summed E-state index contributed by atoms with van der Waals surface area (Å²) in [7, 11) is 0. The summed E-state index contributed by atoms with van der Waals surface area (Å²) in [5.41, 5.74) is 0.875. The Morgan fingerprint density at radius 1 is 1.22 bits per heavy atom. The highest BCUT2D eigenvalue weighted by Gasteiger charge is 2.05. The predicted octanol–water partition coefficient (Wildman–Crippen LogP) is 3.27. The fourth-order valence-corrected chi connectivity index (χ4v) is 1.76. The van der Waals surface area contributed by atoms with Crippen LogP contribution in [-0.4, -0.2) is 21.6 Å². The van der Waals surface area contributed by atoms with Crippen molar-refractivity contribution in [2.75, 3.05) is 11.9 Å². The van der Waals surface area contributed by atoms with Crippen molar-refractivity contribution in [2.24, 2.45) is 0 Å². The molecule has 0 amide bonds. The lowest BCUT2D eigenvalue weighted by atomic mass is 10.3. The molecule has 0 radical (unpaired) electrons. The van der Waals surface area contributed by atoms with Crippen molar-refractivity contribution in [1.82, 2.24) is 15.0 Å². The summed E-state index contributed by atoms with van der Waals surface area (Å²) in [6.07, 6.45) is 0. The summed E-state index contributed by atoms with van der Waals surface area (Å²) in [5.74, 6) is 0.361. The average molecular weight is 377 g/mol. The highest BCUT2D eigenvalue weighted by molar-refractivity contribution is 14.1. The maximum Gasteiger partial charge on any atom is 0.322 e. The molecule has 7 heteroatoms. The number of anilines is 2. The lowest BCUT2D eigenvalue weighted by Crippen LogP contribution is -2.03. The van der Waals surface area contributed by atoms with E-state index in [1.807, 2.05) is 31.2 Å². The normalized spacial score (nSPS) is 10.2. The first-order chi connectivity index (χ1) is 8.67. The molecule has 2 rings (SSSR count). The lowest BCUT2D eigenvalue weighted by molar-refractivity contribution is 0.312. The summed E-state index contributed by atoms with van der Waals surface area (Å²) >= 11 is 8.03. The Hall–Kier alpha value is -1.15. The van der Waals surface area contributed by atoms with E-state index >= 15 is 0 Å². The van der Waals surface area contributed by atoms with Crippen LogP contribution in [0, 0.1) is 3.57 Å². The highest BCUT2D eigenvalue weighted by Crippen LogP contribution is 2.17. The molecule has 0 fully saturated rings. The van der Waals surface area contributed by atoms with E-state index in [0.29, 0.717) is 12.6 Å². The largest absolute Gasteiger partial charge is 0.464 e. The molecule has 1 aromatic heterocycles. The van der Waals surface area contributed by atoms with Gasteiger partial charge in [0.2, 0.25) is 11.2 Å². The van der Waals surface area contributed by atoms with Crippen molar-refractivity contribution in [3.63, 3.8) is 0 Å². The van der Waals surface area contributed by atoms with Gasteiger partial charge in [-0.25, -0.2) is 0 Å². The molecule has 0 spiro atoms. The Morgan fingerprint density at radius 2 is 1.94 bits per heavy atom. The van der Waals surface area contributed by atoms with Gasteiger partial charge in [0, 0.05) is 9.26 Å². The maximum absolute atomic E-state index is 5.79. The van der Waals surface area contributed by atoms with E-state index in [-0.39, 0.29) is 11.3 Å². The van der Waals surface area contributed by atoms with E-state index in [0.717, 1.165) is 9.26 Å². The second kappa shape index (κ2) is 6.14. The minimum Gasteiger partial charge on any atom is -0.464 e. The predicted molar refractivity (Wildman–Crippen MR) is 78.4 cm³/mol. The molecule has 0 aliphatic rings. The molecule has 0 atom stereocenters. The van der Waals surface area contributed by atoms with Gasteiger partial charge in [0.15, 0.2) is 0 Å². The molecule has 1 N–H and O–H groups in total. The fourth-order valence-electron chi connectivity index (χ4n) is 1.24. The molecule has 94 valence electrons. The molecule has 0 saturated heterocycles. The van der Waals surface area contributed by atoms with Crippen LogP contribution in [-0.2, 0) is 0 Å². The van der Waals surface area contributed by atoms with Gasteiger partial charge in [0.25, 0.3) is 0 Å². The van der Waals surface area contributed by atoms with Crippen LogP contribution in [0.5, 0.6) is 6.01 Å². The van der Waals surface area contributed by atoms with Crippen LogP contribution in [0.2, 0.25) is 5.28 Å². The smallest absolute Gasteiger partial charge is 0.322 e. The fraction of sp³-hybridized carbons (Fsp3) is 0.182. The maximum atomic E-state index is 5.79. The number of benzene rings is 1. The van der Waals surface area contributed by atoms with Crippen LogP contribution in [0.15, 0.2) is 24.3 Å². The van der Waals surface area contributed by atoms with Gasteiger partial charge in [-0.2, -0.15) is 15.0 Å². The highest BCUT2D eigenvalue weighted by atomic mass is 127. The van der Waals surface area contributed by atoms with E-state index < -0.39 is 0 Å². The molecule has 0 saturated carbocycles. The minimum atomic E-state index is 0.0986. The lowest BCUT2D eigenvalue weighted by Gasteiger charge is -2.06. The van der Waals surface area contributed by atoms with Crippen LogP contribution in [0.3, 0.4) is 0 Å². The zero-order valence-corrected chi connectivity index (χ0v) is 12.4. The van der Waals surface area contributed by atoms with E-state index in [4.69, 9.17) is 16.3 Å². The van der Waals surface area contributed by atoms with Crippen molar-refractivity contribution in [2.45, 2.75) is 6.92 Å². The van der Waals surface area contributed by atoms with E-state index in [1.165, 1.54) is 0 Å². The average Bonchev–Trinajstić information content (AvgIpc) is 2.32. The molecule has 2 aromatic rings. The summed E-state index contributed by atoms with van der Waals surface area (Å²) in [6.45, 7) is 2.33. The number of rotatable bonds is 4. The van der Waals surface area contributed by atoms with Gasteiger partial charge in [-0.15, -0.1) is 0 Å². The van der Waals surface area contributed by atoms with Crippen molar-refractivity contribution >= 4 is 45.8 Å². The first-order valence-electron chi connectivity index (χ1n) is 5.24. The quantitative estimate of drug-likeness (QED) is 0.830. The van der Waals surface area contributed by atoms with Crippen molar-refractivity contribution < 1.29 is 4.74 Å². The zero-order valence-electron chi connectivity index (χ0n) is 9.52. The summed E-state index contributed by atoms with van der Waals surface area (Å²) < 4.78 is 6.35. The molecule has 0 aliphatic heterocycles. The summed E-state index contributed by atoms with van der Waals surface area (Å²) in [5, 5.41) is 3.14. The third kappa shape index (κ3) is 3.67. The standard InChI is InChI=1S/C11H10ClIN4O/c1-2-18-11-16-9(12)15-10(17-11)14-8-5-3-7(13)4-6-8/h3-6H,2H2,1H3,(H,14,15,16,17). The molecule has 5 nitrogen and oxygen atoms in total.